The highest BCUT2D eigenvalue weighted by molar-refractivity contribution is 6.57. The van der Waals surface area contributed by atoms with Crippen LogP contribution in [0.15, 0.2) is 0 Å². The maximum atomic E-state index is 10.9. The third-order valence-corrected chi connectivity index (χ3v) is 2.31. The van der Waals surface area contributed by atoms with Gasteiger partial charge in [0.1, 0.15) is 0 Å². The summed E-state index contributed by atoms with van der Waals surface area (Å²) in [6, 6.07) is 0. The monoisotopic (exact) mass is 232 g/mol. The van der Waals surface area contributed by atoms with Crippen LogP contribution in [0.2, 0.25) is 0 Å². The lowest BCUT2D eigenvalue weighted by molar-refractivity contribution is -0.141. The highest BCUT2D eigenvalue weighted by Gasteiger charge is 2.33. The maximum Gasteiger partial charge on any atom is 0.342 e. The van der Waals surface area contributed by atoms with E-state index in [1.165, 1.54) is 7.11 Å². The lowest BCUT2D eigenvalue weighted by Gasteiger charge is -2.15. The number of methoxy groups -OCH3 is 1. The van der Waals surface area contributed by atoms with Crippen molar-refractivity contribution in [3.8, 4) is 0 Å². The first kappa shape index (κ1) is 12.3. The van der Waals surface area contributed by atoms with Gasteiger partial charge < -0.3 is 4.74 Å². The van der Waals surface area contributed by atoms with Gasteiger partial charge in [0.05, 0.1) is 7.11 Å². The molecule has 0 aromatic carbocycles. The molecule has 5 heteroatoms. The van der Waals surface area contributed by atoms with Crippen LogP contribution in [-0.2, 0) is 9.53 Å². The molecule has 0 saturated heterocycles. The predicted octanol–water partition coefficient (Wildman–Crippen LogP) is 2.74. The Bertz CT molecular complexity index is 148. The van der Waals surface area contributed by atoms with E-state index in [2.05, 4.69) is 4.74 Å². The fraction of sp³-hybridized carbons (Fsp3) is 0.857. The average molecular weight is 234 g/mol. The molecule has 0 aliphatic rings. The van der Waals surface area contributed by atoms with Crippen molar-refractivity contribution in [2.24, 2.45) is 0 Å². The van der Waals surface area contributed by atoms with Gasteiger partial charge in [-0.05, 0) is 19.3 Å². The zero-order valence-corrected chi connectivity index (χ0v) is 9.05. The average Bonchev–Trinajstić information content (AvgIpc) is 2.03. The van der Waals surface area contributed by atoms with E-state index >= 15 is 0 Å². The molecule has 2 nitrogen and oxygen atoms in total. The SMILES string of the molecule is COC(=O)C(Cl)(Cl)CCCCCl. The lowest BCUT2D eigenvalue weighted by Crippen LogP contribution is -2.27. The smallest absolute Gasteiger partial charge is 0.342 e. The molecule has 12 heavy (non-hydrogen) atoms. The van der Waals surface area contributed by atoms with Crippen molar-refractivity contribution in [2.45, 2.75) is 23.6 Å². The molecule has 0 fully saturated rings. The summed E-state index contributed by atoms with van der Waals surface area (Å²) in [5, 5.41) is 0. The van der Waals surface area contributed by atoms with Gasteiger partial charge in [0.2, 0.25) is 4.33 Å². The van der Waals surface area contributed by atoms with Crippen LogP contribution in [0, 0.1) is 0 Å². The van der Waals surface area contributed by atoms with E-state index in [0.717, 1.165) is 6.42 Å². The molecule has 0 saturated carbocycles. The van der Waals surface area contributed by atoms with E-state index < -0.39 is 10.3 Å². The van der Waals surface area contributed by atoms with Gasteiger partial charge in [-0.1, -0.05) is 23.2 Å². The second-order valence-corrected chi connectivity index (χ2v) is 4.20. The van der Waals surface area contributed by atoms with Crippen LogP contribution in [0.3, 0.4) is 0 Å². The number of unbranched alkanes of at least 4 members (excludes halogenated alkanes) is 1. The highest BCUT2D eigenvalue weighted by atomic mass is 35.5. The second-order valence-electron chi connectivity index (χ2n) is 2.34. The second kappa shape index (κ2) is 5.90. The number of esters is 1. The fourth-order valence-electron chi connectivity index (χ4n) is 0.693. The molecule has 0 radical (unpaired) electrons. The maximum absolute atomic E-state index is 10.9. The molecule has 0 aromatic heterocycles. The Morgan fingerprint density at radius 2 is 2.00 bits per heavy atom. The third-order valence-electron chi connectivity index (χ3n) is 1.36. The zero-order valence-electron chi connectivity index (χ0n) is 6.78. The van der Waals surface area contributed by atoms with Crippen molar-refractivity contribution in [2.75, 3.05) is 13.0 Å². The fourth-order valence-corrected chi connectivity index (χ4v) is 1.30. The summed E-state index contributed by atoms with van der Waals surface area (Å²) in [7, 11) is 1.25. The van der Waals surface area contributed by atoms with E-state index in [4.69, 9.17) is 34.8 Å². The van der Waals surface area contributed by atoms with E-state index in [1.807, 2.05) is 0 Å². The number of hydrogen-bond acceptors (Lipinski definition) is 2. The van der Waals surface area contributed by atoms with E-state index in [0.29, 0.717) is 18.7 Å². The summed E-state index contributed by atoms with van der Waals surface area (Å²) >= 11 is 16.8. The van der Waals surface area contributed by atoms with Crippen LogP contribution in [0.5, 0.6) is 0 Å². The molecule has 0 aliphatic heterocycles. The molecule has 0 aliphatic carbocycles. The lowest BCUT2D eigenvalue weighted by atomic mass is 10.2. The summed E-state index contributed by atoms with van der Waals surface area (Å²) in [4.78, 5) is 10.9. The van der Waals surface area contributed by atoms with Crippen LogP contribution in [0.1, 0.15) is 19.3 Å². The molecular weight excluding hydrogens is 222 g/mol. The summed E-state index contributed by atoms with van der Waals surface area (Å²) in [5.74, 6) is -0.0641. The molecule has 0 heterocycles. The number of ether oxygens (including phenoxy) is 1. The van der Waals surface area contributed by atoms with E-state index in [9.17, 15) is 4.79 Å². The van der Waals surface area contributed by atoms with Gasteiger partial charge in [-0.3, -0.25) is 0 Å². The highest BCUT2D eigenvalue weighted by Crippen LogP contribution is 2.28. The summed E-state index contributed by atoms with van der Waals surface area (Å²) < 4.78 is 2.99. The molecular formula is C7H11Cl3O2. The Hall–Kier alpha value is 0.340. The number of carbonyl (C=O) groups excluding carboxylic acids is 1. The van der Waals surface area contributed by atoms with Gasteiger partial charge in [0.15, 0.2) is 0 Å². The van der Waals surface area contributed by atoms with Crippen LogP contribution < -0.4 is 0 Å². The first-order chi connectivity index (χ1) is 5.54. The first-order valence-electron chi connectivity index (χ1n) is 3.57. The van der Waals surface area contributed by atoms with Gasteiger partial charge in [0, 0.05) is 5.88 Å². The van der Waals surface area contributed by atoms with Crippen LogP contribution in [0.25, 0.3) is 0 Å². The van der Waals surface area contributed by atoms with Gasteiger partial charge in [-0.25, -0.2) is 4.79 Å². The standard InChI is InChI=1S/C7H11Cl3O2/c1-12-6(11)7(9,10)4-2-3-5-8/h2-5H2,1H3. The van der Waals surface area contributed by atoms with Gasteiger partial charge in [0.25, 0.3) is 0 Å². The molecule has 0 unspecified atom stereocenters. The summed E-state index contributed by atoms with van der Waals surface area (Å²) in [5.41, 5.74) is 0. The van der Waals surface area contributed by atoms with Crippen LogP contribution in [-0.4, -0.2) is 23.3 Å². The Balaban J connectivity index is 3.78. The minimum atomic E-state index is -1.42. The van der Waals surface area contributed by atoms with Crippen molar-refractivity contribution in [3.63, 3.8) is 0 Å². The van der Waals surface area contributed by atoms with E-state index in [-0.39, 0.29) is 0 Å². The van der Waals surface area contributed by atoms with E-state index in [1.54, 1.807) is 0 Å². The van der Waals surface area contributed by atoms with Crippen molar-refractivity contribution >= 4 is 40.8 Å². The van der Waals surface area contributed by atoms with Crippen molar-refractivity contribution in [1.29, 1.82) is 0 Å². The molecule has 0 spiro atoms. The minimum Gasteiger partial charge on any atom is -0.467 e. The van der Waals surface area contributed by atoms with Crippen LogP contribution >= 0.6 is 34.8 Å². The van der Waals surface area contributed by atoms with Gasteiger partial charge in [-0.15, -0.1) is 11.6 Å². The Morgan fingerprint density at radius 1 is 1.42 bits per heavy atom. The molecule has 0 N–H and O–H groups in total. The number of halogens is 3. The largest absolute Gasteiger partial charge is 0.467 e. The molecule has 0 aromatic rings. The Morgan fingerprint density at radius 3 is 2.42 bits per heavy atom. The number of carbonyl (C=O) groups is 1. The summed E-state index contributed by atoms with van der Waals surface area (Å²) in [6.07, 6.45) is 1.88. The minimum absolute atomic E-state index is 0.371. The van der Waals surface area contributed by atoms with Crippen LogP contribution in [0.4, 0.5) is 0 Å². The Labute approximate surface area is 87.1 Å². The normalized spacial score (nSPS) is 11.3. The predicted molar refractivity (Wildman–Crippen MR) is 51.0 cm³/mol. The topological polar surface area (TPSA) is 26.3 Å². The van der Waals surface area contributed by atoms with Gasteiger partial charge in [-0.2, -0.15) is 0 Å². The molecule has 0 rings (SSSR count). The molecule has 0 atom stereocenters. The third kappa shape index (κ3) is 4.39. The Kier molecular flexibility index (Phi) is 6.06. The quantitative estimate of drug-likeness (QED) is 0.415. The van der Waals surface area contributed by atoms with Crippen molar-refractivity contribution in [1.82, 2.24) is 0 Å². The molecule has 0 bridgehead atoms. The number of alkyl halides is 3. The molecule has 72 valence electrons. The zero-order chi connectivity index (χ0) is 9.61. The number of rotatable bonds is 5. The first-order valence-corrected chi connectivity index (χ1v) is 4.86. The number of hydrogen-bond donors (Lipinski definition) is 0. The van der Waals surface area contributed by atoms with Gasteiger partial charge >= 0.3 is 5.97 Å². The van der Waals surface area contributed by atoms with Crippen molar-refractivity contribution < 1.29 is 9.53 Å². The molecule has 0 amide bonds. The van der Waals surface area contributed by atoms with Crippen molar-refractivity contribution in [3.05, 3.63) is 0 Å². The summed E-state index contributed by atoms with van der Waals surface area (Å²) in [6.45, 7) is 0.